The number of aldehydes is 1. The van der Waals surface area contributed by atoms with Crippen molar-refractivity contribution in [3.05, 3.63) is 24.0 Å². The molecule has 1 aromatic heterocycles. The zero-order chi connectivity index (χ0) is 13.4. The highest BCUT2D eigenvalue weighted by Gasteiger charge is 2.08. The lowest BCUT2D eigenvalue weighted by molar-refractivity contribution is -0.127. The largest absolute Gasteiger partial charge is 0.354 e. The second-order valence-corrected chi connectivity index (χ2v) is 3.70. The molecule has 0 bridgehead atoms. The first-order chi connectivity index (χ1) is 8.71. The van der Waals surface area contributed by atoms with Crippen molar-refractivity contribution in [3.63, 3.8) is 0 Å². The van der Waals surface area contributed by atoms with Crippen LogP contribution in [0.2, 0.25) is 0 Å². The van der Waals surface area contributed by atoms with Gasteiger partial charge in [0.15, 0.2) is 12.6 Å². The van der Waals surface area contributed by atoms with Crippen LogP contribution in [0.5, 0.6) is 0 Å². The summed E-state index contributed by atoms with van der Waals surface area (Å²) in [6.45, 7) is 0.773. The molecule has 1 rings (SSSR count). The second kappa shape index (κ2) is 7.62. The summed E-state index contributed by atoms with van der Waals surface area (Å²) >= 11 is 0. The molecule has 0 saturated carbocycles. The Labute approximate surface area is 106 Å². The Hall–Kier alpha value is -1.66. The van der Waals surface area contributed by atoms with Crippen molar-refractivity contribution in [2.45, 2.75) is 19.3 Å². The average molecular weight is 254 g/mol. The zero-order valence-electron chi connectivity index (χ0n) is 10.6. The number of nitrogens with one attached hydrogen (secondary N) is 1. The maximum atomic E-state index is 11.6. The summed E-state index contributed by atoms with van der Waals surface area (Å²) in [5, 5.41) is 2.69. The zero-order valence-corrected chi connectivity index (χ0v) is 10.6. The number of methoxy groups -OCH3 is 2. The SMILES string of the molecule is COC(CNC(=O)CCn1cccc1C=O)OC. The Morgan fingerprint density at radius 1 is 1.50 bits per heavy atom. The lowest BCUT2D eigenvalue weighted by atomic mass is 10.3. The number of hydrogen-bond acceptors (Lipinski definition) is 4. The van der Waals surface area contributed by atoms with Crippen LogP contribution in [-0.2, 0) is 20.8 Å². The van der Waals surface area contributed by atoms with Crippen LogP contribution < -0.4 is 5.32 Å². The van der Waals surface area contributed by atoms with Crippen molar-refractivity contribution < 1.29 is 19.1 Å². The van der Waals surface area contributed by atoms with Crippen molar-refractivity contribution in [1.82, 2.24) is 9.88 Å². The van der Waals surface area contributed by atoms with Gasteiger partial charge < -0.3 is 19.4 Å². The Balaban J connectivity index is 2.31. The summed E-state index contributed by atoms with van der Waals surface area (Å²) in [7, 11) is 3.02. The smallest absolute Gasteiger partial charge is 0.221 e. The van der Waals surface area contributed by atoms with Crippen molar-refractivity contribution in [2.24, 2.45) is 0 Å². The lowest BCUT2D eigenvalue weighted by Gasteiger charge is -2.14. The van der Waals surface area contributed by atoms with E-state index in [-0.39, 0.29) is 5.91 Å². The van der Waals surface area contributed by atoms with E-state index in [4.69, 9.17) is 9.47 Å². The number of aromatic nitrogens is 1. The summed E-state index contributed by atoms with van der Waals surface area (Å²) in [6, 6.07) is 3.48. The molecule has 0 unspecified atom stereocenters. The molecule has 0 aliphatic carbocycles. The number of ether oxygens (including phenoxy) is 2. The number of nitrogens with zero attached hydrogens (tertiary/aromatic N) is 1. The quantitative estimate of drug-likeness (QED) is 0.539. The van der Waals surface area contributed by atoms with Gasteiger partial charge >= 0.3 is 0 Å². The fourth-order valence-electron chi connectivity index (χ4n) is 1.51. The van der Waals surface area contributed by atoms with Crippen LogP contribution in [0, 0.1) is 0 Å². The molecule has 0 atom stereocenters. The van der Waals surface area contributed by atoms with Gasteiger partial charge in [-0.25, -0.2) is 0 Å². The van der Waals surface area contributed by atoms with Gasteiger partial charge in [0, 0.05) is 33.4 Å². The van der Waals surface area contributed by atoms with Crippen LogP contribution in [0.25, 0.3) is 0 Å². The number of rotatable bonds is 8. The van der Waals surface area contributed by atoms with Gasteiger partial charge in [-0.2, -0.15) is 0 Å². The van der Waals surface area contributed by atoms with E-state index in [0.717, 1.165) is 6.29 Å². The molecule has 1 heterocycles. The molecule has 0 saturated heterocycles. The monoisotopic (exact) mass is 254 g/mol. The molecule has 0 radical (unpaired) electrons. The Morgan fingerprint density at radius 2 is 2.22 bits per heavy atom. The fraction of sp³-hybridized carbons (Fsp3) is 0.500. The Morgan fingerprint density at radius 3 is 2.83 bits per heavy atom. The van der Waals surface area contributed by atoms with Crippen LogP contribution in [0.1, 0.15) is 16.9 Å². The predicted molar refractivity (Wildman–Crippen MR) is 65.3 cm³/mol. The molecule has 1 N–H and O–H groups in total. The van der Waals surface area contributed by atoms with E-state index in [1.54, 1.807) is 22.9 Å². The van der Waals surface area contributed by atoms with Crippen LogP contribution in [0.3, 0.4) is 0 Å². The first kappa shape index (κ1) is 14.4. The minimum absolute atomic E-state index is 0.111. The molecule has 0 fully saturated rings. The summed E-state index contributed by atoms with van der Waals surface area (Å²) in [5.74, 6) is -0.111. The standard InChI is InChI=1S/C12H18N2O4/c1-17-12(18-2)8-13-11(16)5-7-14-6-3-4-10(14)9-15/h3-4,6,9,12H,5,7-8H2,1-2H3,(H,13,16). The maximum absolute atomic E-state index is 11.6. The average Bonchev–Trinajstić information content (AvgIpc) is 2.85. The van der Waals surface area contributed by atoms with Crippen LogP contribution in [0.15, 0.2) is 18.3 Å². The predicted octanol–water partition coefficient (Wildman–Crippen LogP) is 0.426. The van der Waals surface area contributed by atoms with Gasteiger partial charge in [-0.1, -0.05) is 0 Å². The lowest BCUT2D eigenvalue weighted by Crippen LogP contribution is -2.34. The molecule has 100 valence electrons. The fourth-order valence-corrected chi connectivity index (χ4v) is 1.51. The molecule has 1 aromatic rings. The summed E-state index contributed by atoms with van der Waals surface area (Å²) in [6.07, 6.45) is 2.40. The van der Waals surface area contributed by atoms with Gasteiger partial charge in [0.2, 0.25) is 5.91 Å². The minimum atomic E-state index is -0.439. The van der Waals surface area contributed by atoms with Gasteiger partial charge in [0.1, 0.15) is 0 Å². The molecule has 6 nitrogen and oxygen atoms in total. The summed E-state index contributed by atoms with van der Waals surface area (Å²) < 4.78 is 11.6. The number of carbonyl (C=O) groups is 2. The third-order valence-corrected chi connectivity index (χ3v) is 2.56. The number of aryl methyl sites for hydroxylation is 1. The highest BCUT2D eigenvalue weighted by molar-refractivity contribution is 5.76. The van der Waals surface area contributed by atoms with Crippen molar-refractivity contribution in [1.29, 1.82) is 0 Å². The van der Waals surface area contributed by atoms with Crippen molar-refractivity contribution in [3.8, 4) is 0 Å². The van der Waals surface area contributed by atoms with Gasteiger partial charge in [-0.3, -0.25) is 9.59 Å². The Kier molecular flexibility index (Phi) is 6.10. The molecule has 0 aliphatic heterocycles. The first-order valence-electron chi connectivity index (χ1n) is 5.64. The maximum Gasteiger partial charge on any atom is 0.221 e. The van der Waals surface area contributed by atoms with E-state index in [2.05, 4.69) is 5.32 Å². The molecule has 1 amide bonds. The normalized spacial score (nSPS) is 10.6. The van der Waals surface area contributed by atoms with Crippen molar-refractivity contribution in [2.75, 3.05) is 20.8 Å². The number of carbonyl (C=O) groups excluding carboxylic acids is 2. The summed E-state index contributed by atoms with van der Waals surface area (Å²) in [4.78, 5) is 22.2. The van der Waals surface area contributed by atoms with Gasteiger partial charge in [0.05, 0.1) is 12.2 Å². The summed E-state index contributed by atoms with van der Waals surface area (Å²) in [5.41, 5.74) is 0.564. The van der Waals surface area contributed by atoms with Gasteiger partial charge in [-0.05, 0) is 12.1 Å². The third kappa shape index (κ3) is 4.31. The topological polar surface area (TPSA) is 69.6 Å². The first-order valence-corrected chi connectivity index (χ1v) is 5.64. The van der Waals surface area contributed by atoms with Crippen LogP contribution in [-0.4, -0.2) is 43.8 Å². The third-order valence-electron chi connectivity index (χ3n) is 2.56. The molecular weight excluding hydrogens is 236 g/mol. The van der Waals surface area contributed by atoms with Crippen LogP contribution in [0.4, 0.5) is 0 Å². The second-order valence-electron chi connectivity index (χ2n) is 3.70. The highest BCUT2D eigenvalue weighted by atomic mass is 16.7. The minimum Gasteiger partial charge on any atom is -0.354 e. The molecule has 18 heavy (non-hydrogen) atoms. The van der Waals surface area contributed by atoms with Gasteiger partial charge in [-0.15, -0.1) is 0 Å². The van der Waals surface area contributed by atoms with E-state index in [9.17, 15) is 9.59 Å². The van der Waals surface area contributed by atoms with E-state index in [1.807, 2.05) is 0 Å². The molecule has 0 spiro atoms. The van der Waals surface area contributed by atoms with Crippen LogP contribution >= 0.6 is 0 Å². The molecule has 0 aliphatic rings. The van der Waals surface area contributed by atoms with E-state index < -0.39 is 6.29 Å². The highest BCUT2D eigenvalue weighted by Crippen LogP contribution is 2.00. The number of amides is 1. The van der Waals surface area contributed by atoms with E-state index in [1.165, 1.54) is 14.2 Å². The van der Waals surface area contributed by atoms with Crippen molar-refractivity contribution >= 4 is 12.2 Å². The molecule has 6 heteroatoms. The van der Waals surface area contributed by atoms with E-state index in [0.29, 0.717) is 25.2 Å². The van der Waals surface area contributed by atoms with Gasteiger partial charge in [0.25, 0.3) is 0 Å². The number of hydrogen-bond donors (Lipinski definition) is 1. The Bertz CT molecular complexity index is 385. The molecule has 0 aromatic carbocycles. The molecular formula is C12H18N2O4. The van der Waals surface area contributed by atoms with E-state index >= 15 is 0 Å².